The Bertz CT molecular complexity index is 1360. The van der Waals surface area contributed by atoms with E-state index in [-0.39, 0.29) is 18.4 Å². The minimum atomic E-state index is -1.23. The topological polar surface area (TPSA) is 100 Å². The summed E-state index contributed by atoms with van der Waals surface area (Å²) in [4.78, 5) is 32.2. The maximum Gasteiger partial charge on any atom is 0.251 e. The number of carbonyl (C=O) groups excluding carboxylic acids is 2. The van der Waals surface area contributed by atoms with E-state index in [1.165, 1.54) is 13.2 Å². The molecule has 3 aromatic rings. The van der Waals surface area contributed by atoms with Crippen molar-refractivity contribution in [3.05, 3.63) is 71.8 Å². The second-order valence-electron chi connectivity index (χ2n) is 9.18. The van der Waals surface area contributed by atoms with E-state index in [1.54, 1.807) is 41.4 Å². The van der Waals surface area contributed by atoms with Gasteiger partial charge in [0.1, 0.15) is 23.7 Å². The summed E-state index contributed by atoms with van der Waals surface area (Å²) in [7, 11) is 1.50. The summed E-state index contributed by atoms with van der Waals surface area (Å²) in [6, 6.07) is 8.44. The smallest absolute Gasteiger partial charge is 0.251 e. The van der Waals surface area contributed by atoms with Crippen molar-refractivity contribution in [2.45, 2.75) is 32.0 Å². The zero-order chi connectivity index (χ0) is 25.2. The Morgan fingerprint density at radius 2 is 2.17 bits per heavy atom. The lowest BCUT2D eigenvalue weighted by molar-refractivity contribution is -0.136. The van der Waals surface area contributed by atoms with Crippen LogP contribution < -0.4 is 5.32 Å². The standard InChI is InChI=1S/C27H28FN5O3/c1-16-13-17(10-11-29-16)25-19-14-18(8-9-22(19)31-32-25)26(34)30-23-6-4-12-33(27(23)35)15-20-21(28)5-3-7-24(20)36-2/h3,5,7-11,13-14,20-21,23H,4,6,12,15H2,1-2H3,(H,30,34)(H,31,32). The highest BCUT2D eigenvalue weighted by Crippen LogP contribution is 2.28. The van der Waals surface area contributed by atoms with E-state index in [9.17, 15) is 14.0 Å². The van der Waals surface area contributed by atoms with Gasteiger partial charge < -0.3 is 15.0 Å². The molecule has 2 aromatic heterocycles. The number of alkyl halides is 1. The maximum absolute atomic E-state index is 14.5. The summed E-state index contributed by atoms with van der Waals surface area (Å²) in [6.07, 6.45) is 6.56. The third kappa shape index (κ3) is 4.60. The van der Waals surface area contributed by atoms with Crippen LogP contribution >= 0.6 is 0 Å². The highest BCUT2D eigenvalue weighted by atomic mass is 19.1. The molecule has 5 rings (SSSR count). The molecule has 1 aromatic carbocycles. The number of halogens is 1. The predicted octanol–water partition coefficient (Wildman–Crippen LogP) is 3.71. The number of piperidine rings is 1. The molecule has 186 valence electrons. The number of rotatable bonds is 6. The van der Waals surface area contributed by atoms with E-state index in [1.807, 2.05) is 19.1 Å². The number of nitrogens with zero attached hydrogens (tertiary/aromatic N) is 3. The van der Waals surface area contributed by atoms with Crippen molar-refractivity contribution in [2.24, 2.45) is 5.92 Å². The number of aromatic nitrogens is 3. The molecule has 0 bridgehead atoms. The minimum Gasteiger partial charge on any atom is -0.501 e. The lowest BCUT2D eigenvalue weighted by Gasteiger charge is -2.36. The number of ether oxygens (including phenoxy) is 1. The van der Waals surface area contributed by atoms with Crippen molar-refractivity contribution in [1.82, 2.24) is 25.4 Å². The first-order valence-corrected chi connectivity index (χ1v) is 12.0. The van der Waals surface area contributed by atoms with Crippen LogP contribution in [0.3, 0.4) is 0 Å². The maximum atomic E-state index is 14.5. The summed E-state index contributed by atoms with van der Waals surface area (Å²) in [5, 5.41) is 11.1. The monoisotopic (exact) mass is 489 g/mol. The number of aryl methyl sites for hydroxylation is 1. The van der Waals surface area contributed by atoms with Crippen molar-refractivity contribution in [2.75, 3.05) is 20.2 Å². The normalized spacial score (nSPS) is 22.0. The van der Waals surface area contributed by atoms with Crippen molar-refractivity contribution in [3.63, 3.8) is 0 Å². The van der Waals surface area contributed by atoms with Gasteiger partial charge in [-0.3, -0.25) is 19.7 Å². The second-order valence-corrected chi connectivity index (χ2v) is 9.18. The average molecular weight is 490 g/mol. The Balaban J connectivity index is 1.32. The molecule has 9 heteroatoms. The van der Waals surface area contributed by atoms with Gasteiger partial charge in [0.25, 0.3) is 5.91 Å². The largest absolute Gasteiger partial charge is 0.501 e. The quantitative estimate of drug-likeness (QED) is 0.550. The number of benzene rings is 1. The fourth-order valence-corrected chi connectivity index (χ4v) is 4.88. The SMILES string of the molecule is COC1=CC=CC(F)C1CN1CCCC(NC(=O)c2ccc3[nH]nc(-c4ccnc(C)c4)c3c2)C1=O. The predicted molar refractivity (Wildman–Crippen MR) is 134 cm³/mol. The van der Waals surface area contributed by atoms with Crippen LogP contribution in [-0.4, -0.2) is 64.3 Å². The number of methoxy groups -OCH3 is 1. The van der Waals surface area contributed by atoms with Crippen LogP contribution in [0.15, 0.2) is 60.5 Å². The zero-order valence-corrected chi connectivity index (χ0v) is 20.2. The molecule has 36 heavy (non-hydrogen) atoms. The van der Waals surface area contributed by atoms with Crippen LogP contribution in [0.5, 0.6) is 0 Å². The van der Waals surface area contributed by atoms with Gasteiger partial charge in [0.2, 0.25) is 5.91 Å². The third-order valence-corrected chi connectivity index (χ3v) is 6.79. The molecule has 1 aliphatic heterocycles. The lowest BCUT2D eigenvalue weighted by Crippen LogP contribution is -2.54. The first-order valence-electron chi connectivity index (χ1n) is 12.0. The van der Waals surface area contributed by atoms with Crippen molar-refractivity contribution in [1.29, 1.82) is 0 Å². The molecule has 3 atom stereocenters. The highest BCUT2D eigenvalue weighted by molar-refractivity contribution is 6.03. The Morgan fingerprint density at radius 3 is 2.97 bits per heavy atom. The van der Waals surface area contributed by atoms with Gasteiger partial charge in [-0.15, -0.1) is 0 Å². The fraction of sp³-hybridized carbons (Fsp3) is 0.333. The van der Waals surface area contributed by atoms with Crippen molar-refractivity contribution < 1.29 is 18.7 Å². The zero-order valence-electron chi connectivity index (χ0n) is 20.2. The number of H-pyrrole nitrogens is 1. The third-order valence-electron chi connectivity index (χ3n) is 6.79. The Morgan fingerprint density at radius 1 is 1.31 bits per heavy atom. The molecular weight excluding hydrogens is 461 g/mol. The molecule has 3 unspecified atom stereocenters. The number of carbonyl (C=O) groups is 2. The van der Waals surface area contributed by atoms with E-state index in [4.69, 9.17) is 4.74 Å². The van der Waals surface area contributed by atoms with Gasteiger partial charge in [0.05, 0.1) is 18.5 Å². The number of hydrogen-bond donors (Lipinski definition) is 2. The summed E-state index contributed by atoms with van der Waals surface area (Å²) in [5.74, 6) is -0.588. The Hall–Kier alpha value is -4.01. The molecular formula is C27H28FN5O3. The molecule has 3 heterocycles. The number of allylic oxidation sites excluding steroid dienone is 3. The number of aromatic amines is 1. The van der Waals surface area contributed by atoms with Crippen LogP contribution in [-0.2, 0) is 9.53 Å². The van der Waals surface area contributed by atoms with Crippen LogP contribution in [0.2, 0.25) is 0 Å². The van der Waals surface area contributed by atoms with E-state index < -0.39 is 18.1 Å². The lowest BCUT2D eigenvalue weighted by atomic mass is 9.94. The van der Waals surface area contributed by atoms with Crippen LogP contribution in [0, 0.1) is 12.8 Å². The van der Waals surface area contributed by atoms with Gasteiger partial charge >= 0.3 is 0 Å². The molecule has 2 N–H and O–H groups in total. The summed E-state index contributed by atoms with van der Waals surface area (Å²) < 4.78 is 19.9. The van der Waals surface area contributed by atoms with Crippen LogP contribution in [0.4, 0.5) is 4.39 Å². The van der Waals surface area contributed by atoms with Crippen LogP contribution in [0.25, 0.3) is 22.2 Å². The number of nitrogens with one attached hydrogen (secondary N) is 2. The van der Waals surface area contributed by atoms with E-state index in [0.717, 1.165) is 27.9 Å². The fourth-order valence-electron chi connectivity index (χ4n) is 4.88. The van der Waals surface area contributed by atoms with E-state index >= 15 is 0 Å². The molecule has 2 amide bonds. The van der Waals surface area contributed by atoms with Crippen molar-refractivity contribution >= 4 is 22.7 Å². The van der Waals surface area contributed by atoms with Gasteiger partial charge in [-0.05, 0) is 62.2 Å². The van der Waals surface area contributed by atoms with Gasteiger partial charge in [-0.25, -0.2) is 4.39 Å². The summed E-state index contributed by atoms with van der Waals surface area (Å²) >= 11 is 0. The average Bonchev–Trinajstić information content (AvgIpc) is 3.31. The molecule has 8 nitrogen and oxygen atoms in total. The molecule has 1 aliphatic carbocycles. The van der Waals surface area contributed by atoms with Gasteiger partial charge in [0.15, 0.2) is 0 Å². The van der Waals surface area contributed by atoms with E-state index in [2.05, 4.69) is 20.5 Å². The molecule has 2 aliphatic rings. The highest BCUT2D eigenvalue weighted by Gasteiger charge is 2.35. The molecule has 1 fully saturated rings. The van der Waals surface area contributed by atoms with Gasteiger partial charge in [-0.2, -0.15) is 5.10 Å². The van der Waals surface area contributed by atoms with Gasteiger partial charge in [-0.1, -0.05) is 6.08 Å². The van der Waals surface area contributed by atoms with Gasteiger partial charge in [0, 0.05) is 41.5 Å². The summed E-state index contributed by atoms with van der Waals surface area (Å²) in [5.41, 5.74) is 3.74. The Kier molecular flexibility index (Phi) is 6.54. The molecule has 1 saturated heterocycles. The first kappa shape index (κ1) is 23.7. The number of pyridine rings is 1. The number of hydrogen-bond acceptors (Lipinski definition) is 5. The second kappa shape index (κ2) is 9.93. The molecule has 0 spiro atoms. The van der Waals surface area contributed by atoms with Crippen molar-refractivity contribution in [3.8, 4) is 11.3 Å². The number of amides is 2. The first-order chi connectivity index (χ1) is 17.4. The molecule has 0 radical (unpaired) electrons. The van der Waals surface area contributed by atoms with Crippen LogP contribution in [0.1, 0.15) is 28.9 Å². The number of likely N-dealkylation sites (tertiary alicyclic amines) is 1. The molecule has 0 saturated carbocycles. The van der Waals surface area contributed by atoms with E-state index in [0.29, 0.717) is 30.7 Å². The number of fused-ring (bicyclic) bond motifs is 1. The summed E-state index contributed by atoms with van der Waals surface area (Å²) in [6.45, 7) is 2.63. The Labute approximate surface area is 208 Å². The minimum absolute atomic E-state index is 0.200.